The highest BCUT2D eigenvalue weighted by atomic mass is 16.3. The predicted molar refractivity (Wildman–Crippen MR) is 90.4 cm³/mol. The van der Waals surface area contributed by atoms with Crippen molar-refractivity contribution in [1.29, 1.82) is 0 Å². The summed E-state index contributed by atoms with van der Waals surface area (Å²) in [5, 5.41) is 21.6. The molecule has 0 aliphatic heterocycles. The lowest BCUT2D eigenvalue weighted by Crippen LogP contribution is -2.50. The lowest BCUT2D eigenvalue weighted by atomic mass is 9.61. The molecule has 3 rings (SSSR count). The van der Waals surface area contributed by atoms with E-state index in [1.165, 1.54) is 24.0 Å². The van der Waals surface area contributed by atoms with E-state index in [0.717, 1.165) is 37.7 Å². The quantitative estimate of drug-likeness (QED) is 0.658. The van der Waals surface area contributed by atoms with Crippen molar-refractivity contribution >= 4 is 0 Å². The third-order valence-electron chi connectivity index (χ3n) is 7.04. The topological polar surface area (TPSA) is 40.5 Å². The Morgan fingerprint density at radius 2 is 1.86 bits per heavy atom. The lowest BCUT2D eigenvalue weighted by Gasteiger charge is -2.47. The van der Waals surface area contributed by atoms with Crippen molar-refractivity contribution in [2.45, 2.75) is 77.9 Å². The zero-order valence-corrected chi connectivity index (χ0v) is 14.4. The first-order valence-corrected chi connectivity index (χ1v) is 9.09. The van der Waals surface area contributed by atoms with Gasteiger partial charge in [-0.25, -0.2) is 0 Å². The van der Waals surface area contributed by atoms with E-state index in [4.69, 9.17) is 0 Å². The summed E-state index contributed by atoms with van der Waals surface area (Å²) in [5.41, 5.74) is 3.69. The number of allylic oxidation sites excluding steroid dienone is 2. The molecule has 0 amide bonds. The van der Waals surface area contributed by atoms with Crippen LogP contribution >= 0.6 is 0 Å². The third-order valence-corrected chi connectivity index (χ3v) is 7.04. The van der Waals surface area contributed by atoms with Crippen LogP contribution in [0.25, 0.3) is 0 Å². The number of aliphatic hydroxyl groups is 2. The molecule has 124 valence electrons. The monoisotopic (exact) mass is 304 g/mol. The van der Waals surface area contributed by atoms with Crippen molar-refractivity contribution in [3.8, 4) is 0 Å². The number of aliphatic hydroxyl groups excluding tert-OH is 2. The van der Waals surface area contributed by atoms with Gasteiger partial charge in [-0.1, -0.05) is 38.0 Å². The van der Waals surface area contributed by atoms with Crippen LogP contribution in [0.15, 0.2) is 23.3 Å². The summed E-state index contributed by atoms with van der Waals surface area (Å²) in [6.45, 7) is 11.1. The molecule has 2 heteroatoms. The van der Waals surface area contributed by atoms with Gasteiger partial charge in [-0.15, -0.1) is 0 Å². The molecule has 6 atom stereocenters. The molecule has 3 aliphatic carbocycles. The van der Waals surface area contributed by atoms with E-state index < -0.39 is 12.2 Å². The van der Waals surface area contributed by atoms with Crippen molar-refractivity contribution in [3.63, 3.8) is 0 Å². The summed E-state index contributed by atoms with van der Waals surface area (Å²) < 4.78 is 0. The molecule has 22 heavy (non-hydrogen) atoms. The van der Waals surface area contributed by atoms with Gasteiger partial charge in [0, 0.05) is 5.41 Å². The standard InChI is InChI=1S/C20H32O2/c1-12-6-5-7-13(2)15-10-11-20(4)17(15)14(3)16(9-8-12)18(21)19(20)22/h12,15,17-19,21-22H,2,5-11H2,1,3-4H3. The van der Waals surface area contributed by atoms with E-state index >= 15 is 0 Å². The van der Waals surface area contributed by atoms with Crippen LogP contribution in [0.3, 0.4) is 0 Å². The SMILES string of the molecule is C=C1CCCC(C)CCC2=C(C)C3C1CCC3(C)C(O)C2O. The lowest BCUT2D eigenvalue weighted by molar-refractivity contribution is -0.0700. The van der Waals surface area contributed by atoms with Gasteiger partial charge in [0.25, 0.3) is 0 Å². The van der Waals surface area contributed by atoms with Crippen LogP contribution in [0.5, 0.6) is 0 Å². The average molecular weight is 304 g/mol. The van der Waals surface area contributed by atoms with Gasteiger partial charge in [0.1, 0.15) is 6.10 Å². The minimum Gasteiger partial charge on any atom is -0.389 e. The molecule has 2 bridgehead atoms. The second kappa shape index (κ2) is 5.79. The van der Waals surface area contributed by atoms with Gasteiger partial charge in [-0.2, -0.15) is 0 Å². The van der Waals surface area contributed by atoms with E-state index in [9.17, 15) is 10.2 Å². The largest absolute Gasteiger partial charge is 0.389 e. The van der Waals surface area contributed by atoms with Crippen LogP contribution in [0.1, 0.15) is 65.7 Å². The van der Waals surface area contributed by atoms with E-state index in [1.54, 1.807) is 0 Å². The molecule has 2 N–H and O–H groups in total. The maximum Gasteiger partial charge on any atom is 0.102 e. The summed E-state index contributed by atoms with van der Waals surface area (Å²) in [4.78, 5) is 0. The smallest absolute Gasteiger partial charge is 0.102 e. The molecule has 6 unspecified atom stereocenters. The van der Waals surface area contributed by atoms with Gasteiger partial charge >= 0.3 is 0 Å². The highest BCUT2D eigenvalue weighted by molar-refractivity contribution is 5.33. The minimum atomic E-state index is -0.666. The fourth-order valence-electron chi connectivity index (χ4n) is 5.55. The van der Waals surface area contributed by atoms with Crippen LogP contribution in [-0.4, -0.2) is 22.4 Å². The summed E-state index contributed by atoms with van der Waals surface area (Å²) >= 11 is 0. The highest BCUT2D eigenvalue weighted by Gasteiger charge is 2.56. The van der Waals surface area contributed by atoms with Gasteiger partial charge in [0.2, 0.25) is 0 Å². The van der Waals surface area contributed by atoms with Crippen LogP contribution in [0, 0.1) is 23.2 Å². The molecule has 0 saturated heterocycles. The molecular formula is C20H32O2. The van der Waals surface area contributed by atoms with E-state index in [1.807, 2.05) is 0 Å². The Labute approximate surface area is 135 Å². The molecule has 0 radical (unpaired) electrons. The van der Waals surface area contributed by atoms with Crippen molar-refractivity contribution in [2.24, 2.45) is 23.2 Å². The maximum atomic E-state index is 10.8. The Kier molecular flexibility index (Phi) is 4.28. The molecule has 0 aromatic carbocycles. The number of rotatable bonds is 0. The predicted octanol–water partition coefficient (Wildman–Crippen LogP) is 4.23. The minimum absolute atomic E-state index is 0.180. The van der Waals surface area contributed by atoms with Crippen LogP contribution in [0.4, 0.5) is 0 Å². The second-order valence-electron chi connectivity index (χ2n) is 8.42. The van der Waals surface area contributed by atoms with Crippen LogP contribution < -0.4 is 0 Å². The molecule has 3 aliphatic rings. The summed E-state index contributed by atoms with van der Waals surface area (Å²) in [5.74, 6) is 1.56. The molecule has 1 saturated carbocycles. The fraction of sp³-hybridized carbons (Fsp3) is 0.800. The maximum absolute atomic E-state index is 10.8. The van der Waals surface area contributed by atoms with Gasteiger partial charge < -0.3 is 10.2 Å². The Balaban J connectivity index is 2.05. The fourth-order valence-corrected chi connectivity index (χ4v) is 5.55. The van der Waals surface area contributed by atoms with E-state index in [2.05, 4.69) is 27.4 Å². The van der Waals surface area contributed by atoms with Crippen molar-refractivity contribution < 1.29 is 10.2 Å². The first-order valence-electron chi connectivity index (χ1n) is 9.09. The Morgan fingerprint density at radius 1 is 1.14 bits per heavy atom. The van der Waals surface area contributed by atoms with Crippen molar-refractivity contribution in [1.82, 2.24) is 0 Å². The average Bonchev–Trinajstić information content (AvgIpc) is 2.83. The molecule has 0 heterocycles. The first-order chi connectivity index (χ1) is 10.4. The van der Waals surface area contributed by atoms with Crippen LogP contribution in [0.2, 0.25) is 0 Å². The van der Waals surface area contributed by atoms with Crippen LogP contribution in [-0.2, 0) is 0 Å². The van der Waals surface area contributed by atoms with E-state index in [-0.39, 0.29) is 5.41 Å². The molecule has 2 nitrogen and oxygen atoms in total. The Hall–Kier alpha value is -0.600. The van der Waals surface area contributed by atoms with Gasteiger partial charge in [-0.3, -0.25) is 0 Å². The van der Waals surface area contributed by atoms with Gasteiger partial charge in [-0.05, 0) is 68.8 Å². The molecule has 0 aromatic rings. The van der Waals surface area contributed by atoms with Gasteiger partial charge in [0.05, 0.1) is 6.10 Å². The van der Waals surface area contributed by atoms with Gasteiger partial charge in [0.15, 0.2) is 0 Å². The Morgan fingerprint density at radius 3 is 2.59 bits per heavy atom. The van der Waals surface area contributed by atoms with Crippen molar-refractivity contribution in [3.05, 3.63) is 23.3 Å². The highest BCUT2D eigenvalue weighted by Crippen LogP contribution is 2.59. The zero-order valence-electron chi connectivity index (χ0n) is 14.4. The zero-order chi connectivity index (χ0) is 16.1. The first kappa shape index (κ1) is 16.3. The third kappa shape index (κ3) is 2.39. The molecule has 1 fully saturated rings. The van der Waals surface area contributed by atoms with Crippen molar-refractivity contribution in [2.75, 3.05) is 0 Å². The normalized spacial score (nSPS) is 46.6. The summed E-state index contributed by atoms with van der Waals surface area (Å²) in [6.07, 6.45) is 6.51. The van der Waals surface area contributed by atoms with E-state index in [0.29, 0.717) is 17.8 Å². The Bertz CT molecular complexity index is 492. The number of hydrogen-bond acceptors (Lipinski definition) is 2. The summed E-state index contributed by atoms with van der Waals surface area (Å²) in [7, 11) is 0. The number of hydrogen-bond donors (Lipinski definition) is 2. The molecular weight excluding hydrogens is 272 g/mol. The molecule has 0 spiro atoms. The molecule has 0 aromatic heterocycles. The summed E-state index contributed by atoms with van der Waals surface area (Å²) in [6, 6.07) is 0. The second-order valence-corrected chi connectivity index (χ2v) is 8.42.